The number of pyridine rings is 2. The fourth-order valence-corrected chi connectivity index (χ4v) is 20.8. The van der Waals surface area contributed by atoms with E-state index in [1.54, 1.807) is 0 Å². The fourth-order valence-electron chi connectivity index (χ4n) is 20.6. The first-order chi connectivity index (χ1) is 65.9. The van der Waals surface area contributed by atoms with Crippen molar-refractivity contribution in [2.75, 3.05) is 0 Å². The van der Waals surface area contributed by atoms with Crippen LogP contribution in [0.5, 0.6) is 0 Å². The minimum Gasteiger partial charge on any atom is -0.399 e. The highest BCUT2D eigenvalue weighted by Crippen LogP contribution is 2.49. The number of rotatable bonds is 10. The second-order valence-corrected chi connectivity index (χ2v) is 36.7. The van der Waals surface area contributed by atoms with E-state index >= 15 is 0 Å². The molecule has 6 aromatic heterocycles. The van der Waals surface area contributed by atoms with Crippen LogP contribution in [-0.2, 0) is 9.31 Å². The first-order valence-electron chi connectivity index (χ1n) is 45.7. The summed E-state index contributed by atoms with van der Waals surface area (Å²) < 4.78 is 22.8. The fraction of sp³-hybridized carbons (Fsp3) is 0.0492. The normalized spacial score (nSPS) is 13.2. The van der Waals surface area contributed by atoms with Gasteiger partial charge in [0.15, 0.2) is 0 Å². The summed E-state index contributed by atoms with van der Waals surface area (Å²) in [5.74, 6) is 1.87. The lowest BCUT2D eigenvalue weighted by molar-refractivity contribution is 0.00578. The molecule has 134 heavy (non-hydrogen) atoms. The van der Waals surface area contributed by atoms with Crippen molar-refractivity contribution in [3.05, 3.63) is 441 Å². The number of fused-ring (bicyclic) bond motifs is 22. The molecule has 1 aliphatic heterocycles. The van der Waals surface area contributed by atoms with Crippen molar-refractivity contribution < 1.29 is 9.31 Å². The smallest absolute Gasteiger partial charge is 0.399 e. The van der Waals surface area contributed by atoms with Crippen LogP contribution in [0.15, 0.2) is 441 Å². The molecule has 7 heterocycles. The van der Waals surface area contributed by atoms with Crippen LogP contribution in [0.1, 0.15) is 27.7 Å². The van der Waals surface area contributed by atoms with Gasteiger partial charge in [0, 0.05) is 48.5 Å². The third kappa shape index (κ3) is 13.3. The van der Waals surface area contributed by atoms with Gasteiger partial charge in [0.2, 0.25) is 0 Å². The number of aromatic nitrogens is 8. The van der Waals surface area contributed by atoms with Gasteiger partial charge in [-0.1, -0.05) is 350 Å². The third-order valence-electron chi connectivity index (χ3n) is 27.6. The molecule has 1 aliphatic rings. The maximum absolute atomic E-state index is 6.31. The first-order valence-corrected chi connectivity index (χ1v) is 46.5. The van der Waals surface area contributed by atoms with Crippen LogP contribution in [0.3, 0.4) is 0 Å². The van der Waals surface area contributed by atoms with Gasteiger partial charge in [0.05, 0.1) is 66.4 Å². The van der Waals surface area contributed by atoms with Gasteiger partial charge in [-0.2, -0.15) is 0 Å². The predicted molar refractivity (Wildman–Crippen MR) is 563 cm³/mol. The molecule has 0 aliphatic carbocycles. The molecule has 10 nitrogen and oxygen atoms in total. The van der Waals surface area contributed by atoms with Crippen LogP contribution >= 0.6 is 15.9 Å². The van der Waals surface area contributed by atoms with Gasteiger partial charge in [0.1, 0.15) is 22.9 Å². The zero-order chi connectivity index (χ0) is 89.4. The monoisotopic (exact) mass is 1780 g/mol. The van der Waals surface area contributed by atoms with Gasteiger partial charge in [-0.25, -0.2) is 19.9 Å². The van der Waals surface area contributed by atoms with Crippen LogP contribution in [0, 0.1) is 0 Å². The van der Waals surface area contributed by atoms with Crippen molar-refractivity contribution in [3.8, 4) is 89.8 Å². The zero-order valence-corrected chi connectivity index (χ0v) is 75.5. The molecule has 12 heteroatoms. The molecule has 0 amide bonds. The molecule has 20 aromatic carbocycles. The van der Waals surface area contributed by atoms with Gasteiger partial charge in [-0.15, -0.1) is 0 Å². The summed E-state index contributed by atoms with van der Waals surface area (Å²) in [7, 11) is -0.393. The van der Waals surface area contributed by atoms with Crippen LogP contribution < -0.4 is 5.46 Å². The Kier molecular flexibility index (Phi) is 19.2. The molecule has 0 bridgehead atoms. The Labute approximate surface area is 781 Å². The Hall–Kier alpha value is -16.2. The van der Waals surface area contributed by atoms with Gasteiger partial charge >= 0.3 is 7.12 Å². The second kappa shape index (κ2) is 32.1. The lowest BCUT2D eigenvalue weighted by Gasteiger charge is -2.32. The predicted octanol–water partition coefficient (Wildman–Crippen LogP) is 31.3. The number of hydrogen-bond donors (Lipinski definition) is 0. The first kappa shape index (κ1) is 79.9. The Balaban J connectivity index is 0.000000115. The molecule has 0 saturated carbocycles. The van der Waals surface area contributed by atoms with Crippen LogP contribution in [0.4, 0.5) is 0 Å². The largest absolute Gasteiger partial charge is 0.494 e. The molecule has 0 N–H and O–H groups in total. The highest BCUT2D eigenvalue weighted by atomic mass is 79.9. The van der Waals surface area contributed by atoms with E-state index in [-0.39, 0.29) is 11.2 Å². The van der Waals surface area contributed by atoms with Gasteiger partial charge in [-0.3, -0.25) is 17.9 Å². The van der Waals surface area contributed by atoms with E-state index < -0.39 is 7.12 Å². The number of imidazole rings is 4. The average Bonchev–Trinajstić information content (AvgIpc) is 1.35. The average molecular weight is 1780 g/mol. The van der Waals surface area contributed by atoms with E-state index in [4.69, 9.17) is 29.2 Å². The van der Waals surface area contributed by atoms with E-state index in [0.717, 1.165) is 116 Å². The van der Waals surface area contributed by atoms with E-state index in [2.05, 4.69) is 480 Å². The summed E-state index contributed by atoms with van der Waals surface area (Å²) >= 11 is 3.60. The van der Waals surface area contributed by atoms with E-state index in [1.807, 2.05) is 18.2 Å². The summed E-state index contributed by atoms with van der Waals surface area (Å²) in [6.07, 6.45) is 0. The number of benzene rings is 20. The topological polar surface area (TPSA) is 88.7 Å². The Morgan fingerprint density at radius 3 is 0.873 bits per heavy atom. The highest BCUT2D eigenvalue weighted by molar-refractivity contribution is 9.10. The van der Waals surface area contributed by atoms with Gasteiger partial charge in [0.25, 0.3) is 0 Å². The molecular weight excluding hydrogens is 1700 g/mol. The maximum atomic E-state index is 6.31. The molecule has 0 radical (unpaired) electrons. The second-order valence-electron chi connectivity index (χ2n) is 35.8. The number of nitrogens with zero attached hydrogens (tertiary/aromatic N) is 8. The minimum absolute atomic E-state index is 0.368. The van der Waals surface area contributed by atoms with Crippen molar-refractivity contribution in [2.24, 2.45) is 0 Å². The lowest BCUT2D eigenvalue weighted by atomic mass is 9.78. The van der Waals surface area contributed by atoms with Crippen LogP contribution in [-0.4, -0.2) is 56.2 Å². The highest BCUT2D eigenvalue weighted by Gasteiger charge is 2.52. The molecule has 26 aromatic rings. The number of halogens is 1. The molecule has 27 rings (SSSR count). The van der Waals surface area contributed by atoms with Gasteiger partial charge < -0.3 is 9.31 Å². The molecule has 634 valence electrons. The lowest BCUT2D eigenvalue weighted by Crippen LogP contribution is -2.41. The maximum Gasteiger partial charge on any atom is 0.494 e. The van der Waals surface area contributed by atoms with E-state index in [0.29, 0.717) is 0 Å². The molecule has 0 spiro atoms. The quantitative estimate of drug-likeness (QED) is 0.0770. The van der Waals surface area contributed by atoms with Crippen molar-refractivity contribution in [2.45, 2.75) is 38.9 Å². The van der Waals surface area contributed by atoms with Crippen molar-refractivity contribution in [1.29, 1.82) is 0 Å². The molecule has 0 unspecified atom stereocenters. The standard InChI is InChI=1S/C58H36N4.C39H25BrN2.C25H23BN2O2/c1-2-14-42(15-3-1)61-53-24-12-9-21-50(53)59-57(61)40-32-30-39(31-33-40)56-47-19-6-4-17-45(47)55(46-18-5-7-20-48(46)56)38-28-26-37(27-29-38)41-34-35-43-44-16-8-11-23-52(44)62-54-25-13-10-22-51(54)60-58(62)49(43)36-41;40-29-24-22-27(23-25-29)38-33-14-6-4-12-31(33)37(32-13-5-7-15-34(32)38)26-18-20-28(21-19-26)39-41-35-16-8-9-17-36(35)42(39)30-10-2-1-3-11-30;1-24(2)25(3,4)30-26(29-24)16-13-14-17-18-9-5-7-11-21(18)28-22-12-8-6-10-20(22)27-23(28)19(17)15-16/h1-36H;1-25H;5-15H,1-4H3. The number of para-hydroxylation sites is 12. The number of hydrogen-bond acceptors (Lipinski definition) is 6. The van der Waals surface area contributed by atoms with Gasteiger partial charge in [-0.05, 0) is 246 Å². The van der Waals surface area contributed by atoms with Crippen LogP contribution in [0.25, 0.3) is 232 Å². The zero-order valence-electron chi connectivity index (χ0n) is 73.9. The van der Waals surface area contributed by atoms with Crippen molar-refractivity contribution >= 4 is 170 Å². The summed E-state index contributed by atoms with van der Waals surface area (Å²) in [6.45, 7) is 8.34. The van der Waals surface area contributed by atoms with Crippen molar-refractivity contribution in [3.63, 3.8) is 0 Å². The third-order valence-corrected chi connectivity index (χ3v) is 28.1. The molecule has 1 saturated heterocycles. The Bertz CT molecular complexity index is 9080. The van der Waals surface area contributed by atoms with Crippen molar-refractivity contribution in [1.82, 2.24) is 37.9 Å². The summed E-state index contributed by atoms with van der Waals surface area (Å²) in [5, 5.41) is 17.0. The molecule has 1 fully saturated rings. The Morgan fingerprint density at radius 2 is 0.500 bits per heavy atom. The summed E-state index contributed by atoms with van der Waals surface area (Å²) in [4.78, 5) is 20.4. The SMILES string of the molecule is Brc1ccc(-c2c3ccccc3c(-c3ccc(-c4nc5ccccc5n4-c4ccccc4)cc3)c3ccccc23)cc1.CC1(C)OB(c2ccc3c4ccccc4n4c5ccccc5nc4c3c2)OC1(C)C.c1ccc(-n2c(-c3ccc(-c4c5ccccc5c(-c5ccc(-c6ccc7c8ccccc8n8c9ccccc9nc8c7c6)cc5)c5ccccc45)cc3)nc3ccccc32)cc1. The molecular formula is C122H84BBrN8O2. The van der Waals surface area contributed by atoms with E-state index in [9.17, 15) is 0 Å². The summed E-state index contributed by atoms with van der Waals surface area (Å²) in [5.41, 5.74) is 29.4. The Morgan fingerprint density at radius 1 is 0.224 bits per heavy atom. The van der Waals surface area contributed by atoms with E-state index in [1.165, 1.54) is 126 Å². The minimum atomic E-state index is -0.393. The summed E-state index contributed by atoms with van der Waals surface area (Å²) in [6, 6.07) is 156. The molecule has 0 atom stereocenters. The van der Waals surface area contributed by atoms with Crippen LogP contribution in [0.2, 0.25) is 0 Å².